The molecule has 2 fully saturated rings. The lowest BCUT2D eigenvalue weighted by Crippen LogP contribution is -3.00. The Morgan fingerprint density at radius 1 is 1.35 bits per heavy atom. The van der Waals surface area contributed by atoms with E-state index < -0.39 is 0 Å². The average Bonchev–Trinajstić information content (AvgIpc) is 2.73. The van der Waals surface area contributed by atoms with Gasteiger partial charge in [0.25, 0.3) is 0 Å². The fourth-order valence-corrected chi connectivity index (χ4v) is 5.84. The van der Waals surface area contributed by atoms with Crippen LogP contribution in [0.1, 0.15) is 81.3 Å². The van der Waals surface area contributed by atoms with Crippen molar-refractivity contribution in [2.75, 3.05) is 26.8 Å². The summed E-state index contributed by atoms with van der Waals surface area (Å²) in [7, 11) is 1.42. The van der Waals surface area contributed by atoms with Gasteiger partial charge in [0.2, 0.25) is 0 Å². The van der Waals surface area contributed by atoms with E-state index in [4.69, 9.17) is 14.2 Å². The minimum absolute atomic E-state index is 0. The number of carbonyl (C=O) groups excluding carboxylic acids is 1. The van der Waals surface area contributed by atoms with Gasteiger partial charge in [-0.1, -0.05) is 20.3 Å². The van der Waals surface area contributed by atoms with Crippen molar-refractivity contribution in [1.29, 1.82) is 0 Å². The van der Waals surface area contributed by atoms with Crippen LogP contribution in [0.3, 0.4) is 0 Å². The Morgan fingerprint density at radius 2 is 2.16 bits per heavy atom. The van der Waals surface area contributed by atoms with Crippen LogP contribution < -0.4 is 22.5 Å². The minimum atomic E-state index is -0.311. The normalized spacial score (nSPS) is 31.9. The predicted molar refractivity (Wildman–Crippen MR) is 116 cm³/mol. The molecule has 3 heterocycles. The molecule has 0 radical (unpaired) electrons. The molecule has 4 atom stereocenters. The zero-order valence-electron chi connectivity index (χ0n) is 19.4. The lowest BCUT2D eigenvalue weighted by molar-refractivity contribution is -0.678. The summed E-state index contributed by atoms with van der Waals surface area (Å²) < 4.78 is 18.3. The van der Waals surface area contributed by atoms with Crippen molar-refractivity contribution in [2.24, 2.45) is 17.3 Å². The Labute approximate surface area is 193 Å². The number of methoxy groups -OCH3 is 1. The summed E-state index contributed by atoms with van der Waals surface area (Å²) in [6, 6.07) is 5.66. The number of piperidine rings is 1. The maximum atomic E-state index is 12.1. The third-order valence-corrected chi connectivity index (χ3v) is 7.60. The Hall–Kier alpha value is -1.30. The predicted octanol–water partition coefficient (Wildman–Crippen LogP) is 0.876. The van der Waals surface area contributed by atoms with Gasteiger partial charge in [-0.05, 0) is 63.1 Å². The second-order valence-electron chi connectivity index (χ2n) is 10.4. The second kappa shape index (κ2) is 9.68. The van der Waals surface area contributed by atoms with E-state index in [1.165, 1.54) is 32.9 Å². The number of ether oxygens (including phenoxy) is 3. The first-order valence-electron chi connectivity index (χ1n) is 11.7. The quantitative estimate of drug-likeness (QED) is 0.675. The molecule has 3 aliphatic rings. The highest BCUT2D eigenvalue weighted by molar-refractivity contribution is 5.89. The molecule has 5 nitrogen and oxygen atoms in total. The Balaban J connectivity index is 0.00000272. The molecule has 0 aromatic heterocycles. The van der Waals surface area contributed by atoms with Crippen LogP contribution in [0.5, 0.6) is 5.75 Å². The second-order valence-corrected chi connectivity index (χ2v) is 10.4. The van der Waals surface area contributed by atoms with Crippen LogP contribution in [-0.2, 0) is 9.47 Å². The number of hydrogen-bond acceptors (Lipinski definition) is 4. The molecule has 1 aromatic rings. The molecule has 2 N–H and O–H groups in total. The molecule has 0 aliphatic carbocycles. The van der Waals surface area contributed by atoms with E-state index in [0.29, 0.717) is 17.4 Å². The molecule has 0 bridgehead atoms. The first-order chi connectivity index (χ1) is 14.4. The molecule has 0 amide bonds. The van der Waals surface area contributed by atoms with Crippen molar-refractivity contribution in [3.05, 3.63) is 29.3 Å². The highest BCUT2D eigenvalue weighted by Gasteiger charge is 2.54. The van der Waals surface area contributed by atoms with Crippen molar-refractivity contribution in [2.45, 2.75) is 71.0 Å². The van der Waals surface area contributed by atoms with Gasteiger partial charge >= 0.3 is 5.97 Å². The fourth-order valence-electron chi connectivity index (χ4n) is 5.84. The molecule has 2 saturated heterocycles. The Bertz CT molecular complexity index is 777. The van der Waals surface area contributed by atoms with Crippen LogP contribution >= 0.6 is 0 Å². The summed E-state index contributed by atoms with van der Waals surface area (Å²) >= 11 is 0. The van der Waals surface area contributed by atoms with Gasteiger partial charge in [-0.15, -0.1) is 0 Å². The summed E-state index contributed by atoms with van der Waals surface area (Å²) in [6.07, 6.45) is 7.02. The van der Waals surface area contributed by atoms with Crippen molar-refractivity contribution in [3.8, 4) is 5.75 Å². The number of esters is 1. The highest BCUT2D eigenvalue weighted by Crippen LogP contribution is 2.55. The number of hydrogen-bond donors (Lipinski definition) is 1. The van der Waals surface area contributed by atoms with Crippen LogP contribution in [0.2, 0.25) is 0 Å². The summed E-state index contributed by atoms with van der Waals surface area (Å²) in [4.78, 5) is 12.1. The maximum absolute atomic E-state index is 12.1. The summed E-state index contributed by atoms with van der Waals surface area (Å²) in [6.45, 7) is 10.0. The zero-order chi connectivity index (χ0) is 21.4. The molecule has 1 spiro atoms. The Kier molecular flexibility index (Phi) is 7.60. The molecule has 174 valence electrons. The van der Waals surface area contributed by atoms with Crippen LogP contribution in [-0.4, -0.2) is 38.4 Å². The molecule has 0 unspecified atom stereocenters. The molecule has 6 heteroatoms. The van der Waals surface area contributed by atoms with Crippen LogP contribution in [0.15, 0.2) is 18.2 Å². The van der Waals surface area contributed by atoms with E-state index in [9.17, 15) is 4.79 Å². The van der Waals surface area contributed by atoms with Crippen LogP contribution in [0.4, 0.5) is 0 Å². The van der Waals surface area contributed by atoms with Crippen molar-refractivity contribution >= 4 is 5.97 Å². The van der Waals surface area contributed by atoms with Crippen LogP contribution in [0, 0.1) is 17.3 Å². The van der Waals surface area contributed by atoms with Gasteiger partial charge in [0.05, 0.1) is 38.5 Å². The first kappa shape index (κ1) is 24.3. The third kappa shape index (κ3) is 4.89. The van der Waals surface area contributed by atoms with Gasteiger partial charge in [-0.25, -0.2) is 4.79 Å². The van der Waals surface area contributed by atoms with Crippen molar-refractivity contribution in [1.82, 2.24) is 0 Å². The number of nitrogens with two attached hydrogens (primary N) is 1. The van der Waals surface area contributed by atoms with E-state index >= 15 is 0 Å². The van der Waals surface area contributed by atoms with Gasteiger partial charge in [-0.3, -0.25) is 0 Å². The first-order valence-corrected chi connectivity index (χ1v) is 11.7. The van der Waals surface area contributed by atoms with E-state index in [1.54, 1.807) is 6.07 Å². The van der Waals surface area contributed by atoms with E-state index in [2.05, 4.69) is 26.1 Å². The smallest absolute Gasteiger partial charge is 0.337 e. The van der Waals surface area contributed by atoms with Gasteiger partial charge in [-0.2, -0.15) is 0 Å². The van der Waals surface area contributed by atoms with Crippen molar-refractivity contribution in [3.63, 3.8) is 0 Å². The standard InChI is InChI=1S/C25H37NO4.ClH/c1-17(2)7-5-10-24(3)20-14-25(11-6-12-26-15-25)16-29-22(20)19-13-18(23(27)28-4)8-9-21(19)30-24;/h8-9,13,17,20,22,26H,5-7,10-12,14-16H2,1-4H3;1H/t20-,22+,24-,25+;/m1./s1. The number of rotatable bonds is 5. The number of carbonyl (C=O) groups is 1. The van der Waals surface area contributed by atoms with E-state index in [-0.39, 0.29) is 35.5 Å². The Morgan fingerprint density at radius 3 is 2.84 bits per heavy atom. The summed E-state index contributed by atoms with van der Waals surface area (Å²) in [5, 5.41) is 2.45. The summed E-state index contributed by atoms with van der Waals surface area (Å²) in [5.74, 6) is 1.55. The number of fused-ring (bicyclic) bond motifs is 3. The summed E-state index contributed by atoms with van der Waals surface area (Å²) in [5.41, 5.74) is 1.58. The zero-order valence-corrected chi connectivity index (χ0v) is 20.2. The van der Waals surface area contributed by atoms with E-state index in [1.807, 2.05) is 12.1 Å². The fraction of sp³-hybridized carbons (Fsp3) is 0.720. The minimum Gasteiger partial charge on any atom is -1.00 e. The maximum Gasteiger partial charge on any atom is 0.337 e. The molecular formula is C25H38ClNO4. The lowest BCUT2D eigenvalue weighted by atomic mass is 9.64. The molecule has 1 aromatic carbocycles. The third-order valence-electron chi connectivity index (χ3n) is 7.60. The number of halogens is 1. The highest BCUT2D eigenvalue weighted by atomic mass is 35.5. The number of quaternary nitrogens is 1. The molecule has 31 heavy (non-hydrogen) atoms. The number of benzene rings is 1. The van der Waals surface area contributed by atoms with Crippen LogP contribution in [0.25, 0.3) is 0 Å². The van der Waals surface area contributed by atoms with Gasteiger partial charge in [0.1, 0.15) is 11.4 Å². The van der Waals surface area contributed by atoms with Gasteiger partial charge in [0.15, 0.2) is 0 Å². The lowest BCUT2D eigenvalue weighted by Gasteiger charge is -2.54. The largest absolute Gasteiger partial charge is 1.00 e. The van der Waals surface area contributed by atoms with Gasteiger partial charge in [0, 0.05) is 16.9 Å². The van der Waals surface area contributed by atoms with Crippen molar-refractivity contribution < 1.29 is 36.7 Å². The molecule has 0 saturated carbocycles. The molecular weight excluding hydrogens is 414 g/mol. The topological polar surface area (TPSA) is 61.4 Å². The monoisotopic (exact) mass is 451 g/mol. The average molecular weight is 452 g/mol. The van der Waals surface area contributed by atoms with E-state index in [0.717, 1.165) is 43.7 Å². The SMILES string of the molecule is COC(=O)c1ccc2c(c1)[C@@H]1OC[C@@]3(CCC[NH2+]C3)C[C@H]1[C@@](C)(CCCC(C)C)O2.[Cl-]. The molecule has 3 aliphatic heterocycles. The van der Waals surface area contributed by atoms with Gasteiger partial charge < -0.3 is 31.9 Å². The molecule has 4 rings (SSSR count).